The Labute approximate surface area is 184 Å². The van der Waals surface area contributed by atoms with Crippen LogP contribution in [0, 0.1) is 6.92 Å². The second-order valence-corrected chi connectivity index (χ2v) is 7.06. The largest absolute Gasteiger partial charge is 0.417 e. The third-order valence-corrected chi connectivity index (χ3v) is 4.68. The minimum absolute atomic E-state index is 0.00327. The van der Waals surface area contributed by atoms with Crippen LogP contribution in [0.5, 0.6) is 0 Å². The van der Waals surface area contributed by atoms with Crippen molar-refractivity contribution < 1.29 is 35.9 Å². The van der Waals surface area contributed by atoms with Crippen molar-refractivity contribution in [2.24, 2.45) is 0 Å². The maximum Gasteiger partial charge on any atom is 0.417 e. The lowest BCUT2D eigenvalue weighted by Crippen LogP contribution is -2.19. The Hall–Kier alpha value is -3.82. The van der Waals surface area contributed by atoms with Crippen LogP contribution in [-0.2, 0) is 12.4 Å². The molecular weight excluding hydrogens is 450 g/mol. The molecule has 2 N–H and O–H groups in total. The van der Waals surface area contributed by atoms with Gasteiger partial charge in [-0.05, 0) is 67.1 Å². The molecule has 10 heteroatoms. The van der Waals surface area contributed by atoms with Gasteiger partial charge in [0.05, 0.1) is 16.7 Å². The first-order chi connectivity index (χ1) is 15.4. The molecule has 0 unspecified atom stereocenters. The van der Waals surface area contributed by atoms with E-state index in [-0.39, 0.29) is 11.3 Å². The maximum absolute atomic E-state index is 13.1. The van der Waals surface area contributed by atoms with E-state index < -0.39 is 40.9 Å². The molecule has 0 radical (unpaired) electrons. The van der Waals surface area contributed by atoms with E-state index in [1.165, 1.54) is 30.3 Å². The van der Waals surface area contributed by atoms with E-state index in [1.807, 2.05) is 0 Å². The summed E-state index contributed by atoms with van der Waals surface area (Å²) in [4.78, 5) is 24.7. The van der Waals surface area contributed by atoms with Crippen LogP contribution >= 0.6 is 0 Å². The molecule has 0 fully saturated rings. The minimum atomic E-state index is -4.70. The number of anilines is 2. The summed E-state index contributed by atoms with van der Waals surface area (Å²) in [5.41, 5.74) is -1.51. The molecule has 0 aliphatic rings. The summed E-state index contributed by atoms with van der Waals surface area (Å²) in [6.07, 6.45) is -9.22. The fourth-order valence-corrected chi connectivity index (χ4v) is 3.01. The highest BCUT2D eigenvalue weighted by atomic mass is 19.4. The molecule has 33 heavy (non-hydrogen) atoms. The van der Waals surface area contributed by atoms with E-state index in [0.717, 1.165) is 36.4 Å². The lowest BCUT2D eigenvalue weighted by atomic mass is 10.1. The number of carbonyl (C=O) groups is 2. The summed E-state index contributed by atoms with van der Waals surface area (Å²) in [6.45, 7) is 1.59. The average molecular weight is 466 g/mol. The number of alkyl halides is 6. The van der Waals surface area contributed by atoms with Crippen LogP contribution in [-0.4, -0.2) is 11.8 Å². The Morgan fingerprint density at radius 3 is 1.94 bits per heavy atom. The first kappa shape index (κ1) is 23.8. The molecule has 3 rings (SSSR count). The number of nitrogens with one attached hydrogen (secondary N) is 2. The average Bonchev–Trinajstić information content (AvgIpc) is 2.74. The number of benzene rings is 3. The Kier molecular flexibility index (Phi) is 6.48. The van der Waals surface area contributed by atoms with Crippen LogP contribution in [0.4, 0.5) is 37.7 Å². The topological polar surface area (TPSA) is 58.2 Å². The van der Waals surface area contributed by atoms with Crippen molar-refractivity contribution in [1.82, 2.24) is 0 Å². The van der Waals surface area contributed by atoms with E-state index in [2.05, 4.69) is 10.6 Å². The van der Waals surface area contributed by atoms with Gasteiger partial charge in [-0.15, -0.1) is 0 Å². The van der Waals surface area contributed by atoms with Crippen LogP contribution in [0.25, 0.3) is 0 Å². The van der Waals surface area contributed by atoms with Crippen LogP contribution in [0.1, 0.15) is 37.4 Å². The normalized spacial score (nSPS) is 11.7. The molecule has 0 aromatic heterocycles. The highest BCUT2D eigenvalue weighted by Gasteiger charge is 2.35. The zero-order valence-electron chi connectivity index (χ0n) is 16.9. The Morgan fingerprint density at radius 1 is 0.727 bits per heavy atom. The molecule has 2 amide bonds. The summed E-state index contributed by atoms with van der Waals surface area (Å²) < 4.78 is 77.3. The number of amides is 2. The second kappa shape index (κ2) is 8.97. The molecule has 4 nitrogen and oxygen atoms in total. The van der Waals surface area contributed by atoms with E-state index in [1.54, 1.807) is 6.92 Å². The molecule has 0 saturated carbocycles. The molecule has 0 spiro atoms. The van der Waals surface area contributed by atoms with Crippen molar-refractivity contribution in [2.75, 3.05) is 10.6 Å². The summed E-state index contributed by atoms with van der Waals surface area (Å²) in [5.74, 6) is -1.61. The first-order valence-electron chi connectivity index (χ1n) is 9.43. The molecule has 172 valence electrons. The highest BCUT2D eigenvalue weighted by Crippen LogP contribution is 2.32. The van der Waals surface area contributed by atoms with Gasteiger partial charge in [-0.1, -0.05) is 12.1 Å². The third-order valence-electron chi connectivity index (χ3n) is 4.68. The van der Waals surface area contributed by atoms with Gasteiger partial charge in [0.25, 0.3) is 11.8 Å². The Morgan fingerprint density at radius 2 is 1.36 bits per heavy atom. The molecular formula is C23H16F6N2O2. The maximum atomic E-state index is 13.1. The SMILES string of the molecule is Cc1cc(NC(=O)c2ccccc2C(F)(F)F)ccc1NC(=O)c1ccc(C(F)(F)F)cc1. The number of carbonyl (C=O) groups excluding carboxylic acids is 2. The van der Waals surface area contributed by atoms with Gasteiger partial charge in [0.1, 0.15) is 0 Å². The number of hydrogen-bond donors (Lipinski definition) is 2. The minimum Gasteiger partial charge on any atom is -0.322 e. The number of rotatable bonds is 4. The predicted molar refractivity (Wildman–Crippen MR) is 110 cm³/mol. The van der Waals surface area contributed by atoms with Gasteiger partial charge in [-0.3, -0.25) is 9.59 Å². The molecule has 0 heterocycles. The van der Waals surface area contributed by atoms with E-state index in [9.17, 15) is 35.9 Å². The van der Waals surface area contributed by atoms with Gasteiger partial charge in [0.2, 0.25) is 0 Å². The lowest BCUT2D eigenvalue weighted by molar-refractivity contribution is -0.138. The monoisotopic (exact) mass is 466 g/mol. The van der Waals surface area contributed by atoms with E-state index in [0.29, 0.717) is 11.3 Å². The fraction of sp³-hybridized carbons (Fsp3) is 0.130. The standard InChI is InChI=1S/C23H16F6N2O2/c1-13-12-16(30-21(33)17-4-2-3-5-18(17)23(27,28)29)10-11-19(13)31-20(32)14-6-8-15(9-7-14)22(24,25)26/h2-12H,1H3,(H,30,33)(H,31,32). The lowest BCUT2D eigenvalue weighted by Gasteiger charge is -2.14. The molecule has 3 aromatic rings. The first-order valence-corrected chi connectivity index (χ1v) is 9.43. The van der Waals surface area contributed by atoms with Gasteiger partial charge >= 0.3 is 12.4 Å². The molecule has 0 aliphatic heterocycles. The smallest absolute Gasteiger partial charge is 0.322 e. The second-order valence-electron chi connectivity index (χ2n) is 7.06. The van der Waals surface area contributed by atoms with Crippen molar-refractivity contribution in [3.8, 4) is 0 Å². The van der Waals surface area contributed by atoms with E-state index >= 15 is 0 Å². The van der Waals surface area contributed by atoms with Crippen LogP contribution in [0.2, 0.25) is 0 Å². The van der Waals surface area contributed by atoms with Crippen LogP contribution in [0.3, 0.4) is 0 Å². The number of aryl methyl sites for hydroxylation is 1. The molecule has 3 aromatic carbocycles. The van der Waals surface area contributed by atoms with Crippen molar-refractivity contribution in [3.05, 3.63) is 94.5 Å². The van der Waals surface area contributed by atoms with E-state index in [4.69, 9.17) is 0 Å². The Balaban J connectivity index is 1.73. The van der Waals surface area contributed by atoms with Gasteiger partial charge in [-0.25, -0.2) is 0 Å². The summed E-state index contributed by atoms with van der Waals surface area (Å²) in [7, 11) is 0. The number of halogens is 6. The molecule has 0 atom stereocenters. The number of hydrogen-bond acceptors (Lipinski definition) is 2. The van der Waals surface area contributed by atoms with Gasteiger partial charge < -0.3 is 10.6 Å². The van der Waals surface area contributed by atoms with Crippen molar-refractivity contribution in [2.45, 2.75) is 19.3 Å². The van der Waals surface area contributed by atoms with Crippen molar-refractivity contribution in [3.63, 3.8) is 0 Å². The molecule has 0 saturated heterocycles. The third kappa shape index (κ3) is 5.71. The molecule has 0 aliphatic carbocycles. The highest BCUT2D eigenvalue weighted by molar-refractivity contribution is 6.06. The Bertz CT molecular complexity index is 1180. The fourth-order valence-electron chi connectivity index (χ4n) is 3.01. The quantitative estimate of drug-likeness (QED) is 0.429. The van der Waals surface area contributed by atoms with Gasteiger partial charge in [-0.2, -0.15) is 26.3 Å². The summed E-state index contributed by atoms with van der Waals surface area (Å²) >= 11 is 0. The predicted octanol–water partition coefficient (Wildman–Crippen LogP) is 6.54. The van der Waals surface area contributed by atoms with Crippen molar-refractivity contribution in [1.29, 1.82) is 0 Å². The zero-order valence-corrected chi connectivity index (χ0v) is 16.9. The zero-order chi connectivity index (χ0) is 24.4. The van der Waals surface area contributed by atoms with Gasteiger partial charge in [0.15, 0.2) is 0 Å². The van der Waals surface area contributed by atoms with Gasteiger partial charge in [0, 0.05) is 16.9 Å². The van der Waals surface area contributed by atoms with Crippen LogP contribution in [0.15, 0.2) is 66.7 Å². The van der Waals surface area contributed by atoms with Crippen molar-refractivity contribution >= 4 is 23.2 Å². The molecule has 0 bridgehead atoms. The summed E-state index contributed by atoms with van der Waals surface area (Å²) in [6, 6.07) is 12.3. The van der Waals surface area contributed by atoms with Crippen LogP contribution < -0.4 is 10.6 Å². The summed E-state index contributed by atoms with van der Waals surface area (Å²) in [5, 5.41) is 4.93.